The normalized spacial score (nSPS) is 11.5. The van der Waals surface area contributed by atoms with Crippen LogP contribution in [0.4, 0.5) is 0 Å². The van der Waals surface area contributed by atoms with Crippen molar-refractivity contribution in [3.63, 3.8) is 0 Å². The van der Waals surface area contributed by atoms with Gasteiger partial charge in [0.05, 0.1) is 11.6 Å². The van der Waals surface area contributed by atoms with Gasteiger partial charge in [0, 0.05) is 27.1 Å². The second-order valence-electron chi connectivity index (χ2n) is 10.0. The number of benzene rings is 6. The van der Waals surface area contributed by atoms with Crippen molar-refractivity contribution in [3.05, 3.63) is 133 Å². The highest BCUT2D eigenvalue weighted by atomic mass is 16.3. The third-order valence-electron chi connectivity index (χ3n) is 7.74. The van der Waals surface area contributed by atoms with Gasteiger partial charge in [-0.05, 0) is 76.3 Å². The topological polar surface area (TPSA) is 50.1 Å². The summed E-state index contributed by atoms with van der Waals surface area (Å²) in [6.07, 6.45) is 0. The Morgan fingerprint density at radius 3 is 1.48 bits per heavy atom. The van der Waals surface area contributed by atoms with Gasteiger partial charge in [0.25, 0.3) is 0 Å². The lowest BCUT2D eigenvalue weighted by atomic mass is 9.87. The molecule has 0 N–H and O–H groups in total. The lowest BCUT2D eigenvalue weighted by molar-refractivity contribution is 0.668. The predicted molar refractivity (Wildman–Crippen MR) is 162 cm³/mol. The van der Waals surface area contributed by atoms with Crippen molar-refractivity contribution in [2.75, 3.05) is 0 Å². The van der Waals surface area contributed by atoms with Crippen molar-refractivity contribution < 1.29 is 8.83 Å². The molecule has 0 atom stereocenters. The second-order valence-corrected chi connectivity index (χ2v) is 10.0. The lowest BCUT2D eigenvalue weighted by Gasteiger charge is -2.15. The summed E-state index contributed by atoms with van der Waals surface area (Å²) >= 11 is 0. The van der Waals surface area contributed by atoms with Gasteiger partial charge in [0.2, 0.25) is 0 Å². The van der Waals surface area contributed by atoms with Gasteiger partial charge in [-0.15, -0.1) is 0 Å². The first kappa shape index (κ1) is 22.4. The van der Waals surface area contributed by atoms with E-state index in [1.165, 1.54) is 0 Å². The van der Waals surface area contributed by atoms with Crippen LogP contribution in [0.15, 0.2) is 136 Å². The number of furan rings is 2. The smallest absolute Gasteiger partial charge is 0.135 e. The maximum Gasteiger partial charge on any atom is 0.135 e. The van der Waals surface area contributed by atoms with Crippen LogP contribution in [-0.4, -0.2) is 0 Å². The van der Waals surface area contributed by atoms with Gasteiger partial charge in [0.15, 0.2) is 0 Å². The van der Waals surface area contributed by atoms with E-state index in [0.717, 1.165) is 77.3 Å². The molecule has 3 heteroatoms. The summed E-state index contributed by atoms with van der Waals surface area (Å²) in [7, 11) is 0. The maximum atomic E-state index is 10.2. The predicted octanol–water partition coefficient (Wildman–Crippen LogP) is 10.4. The highest BCUT2D eigenvalue weighted by Gasteiger charge is 2.17. The minimum Gasteiger partial charge on any atom is -0.456 e. The molecule has 40 heavy (non-hydrogen) atoms. The maximum absolute atomic E-state index is 10.2. The summed E-state index contributed by atoms with van der Waals surface area (Å²) in [6, 6.07) is 45.6. The van der Waals surface area contributed by atoms with E-state index in [0.29, 0.717) is 5.56 Å². The first-order chi connectivity index (χ1) is 19.8. The molecule has 0 radical (unpaired) electrons. The van der Waals surface area contributed by atoms with E-state index in [-0.39, 0.29) is 0 Å². The molecule has 2 aromatic heterocycles. The molecule has 6 aromatic carbocycles. The number of rotatable bonds is 3. The fourth-order valence-corrected chi connectivity index (χ4v) is 5.81. The van der Waals surface area contributed by atoms with Gasteiger partial charge < -0.3 is 8.83 Å². The fourth-order valence-electron chi connectivity index (χ4n) is 5.81. The number of fused-ring (bicyclic) bond motifs is 6. The first-order valence-electron chi connectivity index (χ1n) is 13.2. The van der Waals surface area contributed by atoms with Crippen molar-refractivity contribution in [2.45, 2.75) is 0 Å². The molecule has 2 heterocycles. The molecule has 0 aliphatic heterocycles. The highest BCUT2D eigenvalue weighted by Crippen LogP contribution is 2.42. The molecule has 3 nitrogen and oxygen atoms in total. The molecule has 0 bridgehead atoms. The number of hydrogen-bond donors (Lipinski definition) is 0. The Bertz CT molecular complexity index is 2280. The van der Waals surface area contributed by atoms with Gasteiger partial charge in [-0.25, -0.2) is 0 Å². The second kappa shape index (κ2) is 8.73. The van der Waals surface area contributed by atoms with Crippen molar-refractivity contribution >= 4 is 43.9 Å². The van der Waals surface area contributed by atoms with Crippen molar-refractivity contribution in [3.8, 4) is 39.4 Å². The van der Waals surface area contributed by atoms with Crippen LogP contribution in [0.2, 0.25) is 0 Å². The molecule has 0 spiro atoms. The van der Waals surface area contributed by atoms with Gasteiger partial charge in [-0.1, -0.05) is 78.9 Å². The fraction of sp³-hybridized carbons (Fsp3) is 0. The summed E-state index contributed by atoms with van der Waals surface area (Å²) < 4.78 is 12.2. The molecule has 186 valence electrons. The Balaban J connectivity index is 1.43. The van der Waals surface area contributed by atoms with Crippen LogP contribution in [0.25, 0.3) is 77.3 Å². The van der Waals surface area contributed by atoms with E-state index in [1.54, 1.807) is 0 Å². The third kappa shape index (κ3) is 3.44. The SMILES string of the molecule is N#Cc1cc(-c2ccc3oc4ccccc4c3c2)c(-c2ccc3oc4ccccc4c3c2)cc1-c1ccccc1. The van der Waals surface area contributed by atoms with Crippen LogP contribution >= 0.6 is 0 Å². The van der Waals surface area contributed by atoms with E-state index < -0.39 is 0 Å². The minimum atomic E-state index is 0.636. The summed E-state index contributed by atoms with van der Waals surface area (Å²) in [5.41, 5.74) is 10.1. The highest BCUT2D eigenvalue weighted by molar-refractivity contribution is 6.08. The molecule has 8 rings (SSSR count). The number of nitrogens with zero attached hydrogens (tertiary/aromatic N) is 1. The standard InChI is InChI=1S/C37H21NO2/c38-22-26-20-30(24-14-16-36-32(18-24)27-10-4-6-12-34(27)39-36)31(21-29(26)23-8-2-1-3-9-23)25-15-17-37-33(19-25)28-11-5-7-13-35(28)40-37/h1-21H. The van der Waals surface area contributed by atoms with E-state index >= 15 is 0 Å². The zero-order chi connectivity index (χ0) is 26.6. The van der Waals surface area contributed by atoms with E-state index in [9.17, 15) is 5.26 Å². The van der Waals surface area contributed by atoms with Crippen molar-refractivity contribution in [1.29, 1.82) is 5.26 Å². The van der Waals surface area contributed by atoms with Crippen molar-refractivity contribution in [2.24, 2.45) is 0 Å². The Morgan fingerprint density at radius 1 is 0.400 bits per heavy atom. The third-order valence-corrected chi connectivity index (χ3v) is 7.74. The van der Waals surface area contributed by atoms with Gasteiger partial charge in [0.1, 0.15) is 22.3 Å². The van der Waals surface area contributed by atoms with E-state index in [1.807, 2.05) is 72.8 Å². The molecule has 8 aromatic rings. The zero-order valence-corrected chi connectivity index (χ0v) is 21.4. The molecule has 0 saturated heterocycles. The Kier molecular flexibility index (Phi) is 4.89. The Hall–Kier alpha value is -5.59. The van der Waals surface area contributed by atoms with Crippen LogP contribution in [0, 0.1) is 11.3 Å². The van der Waals surface area contributed by atoms with E-state index in [4.69, 9.17) is 8.83 Å². The van der Waals surface area contributed by atoms with Gasteiger partial charge in [-0.2, -0.15) is 5.26 Å². The van der Waals surface area contributed by atoms with Gasteiger partial charge >= 0.3 is 0 Å². The largest absolute Gasteiger partial charge is 0.456 e. The Morgan fingerprint density at radius 2 is 0.900 bits per heavy atom. The summed E-state index contributed by atoms with van der Waals surface area (Å²) in [5.74, 6) is 0. The minimum absolute atomic E-state index is 0.636. The van der Waals surface area contributed by atoms with Crippen LogP contribution in [0.3, 0.4) is 0 Å². The van der Waals surface area contributed by atoms with Gasteiger partial charge in [-0.3, -0.25) is 0 Å². The summed E-state index contributed by atoms with van der Waals surface area (Å²) in [6.45, 7) is 0. The zero-order valence-electron chi connectivity index (χ0n) is 21.4. The van der Waals surface area contributed by atoms with Crippen LogP contribution in [0.5, 0.6) is 0 Å². The average molecular weight is 512 g/mol. The lowest BCUT2D eigenvalue weighted by Crippen LogP contribution is -1.92. The Labute approximate surface area is 230 Å². The van der Waals surface area contributed by atoms with E-state index in [2.05, 4.69) is 60.7 Å². The summed E-state index contributed by atoms with van der Waals surface area (Å²) in [5, 5.41) is 14.5. The molecule has 0 fully saturated rings. The molecule has 0 aliphatic carbocycles. The number of hydrogen-bond acceptors (Lipinski definition) is 3. The summed E-state index contributed by atoms with van der Waals surface area (Å²) in [4.78, 5) is 0. The quantitative estimate of drug-likeness (QED) is 0.237. The number of para-hydroxylation sites is 2. The molecule has 0 amide bonds. The monoisotopic (exact) mass is 511 g/mol. The molecule has 0 aliphatic rings. The van der Waals surface area contributed by atoms with Crippen LogP contribution < -0.4 is 0 Å². The first-order valence-corrected chi connectivity index (χ1v) is 13.2. The number of nitriles is 1. The molecule has 0 saturated carbocycles. The average Bonchev–Trinajstić information content (AvgIpc) is 3.58. The van der Waals surface area contributed by atoms with Crippen LogP contribution in [0.1, 0.15) is 5.56 Å². The molecule has 0 unspecified atom stereocenters. The molecular formula is C37H21NO2. The van der Waals surface area contributed by atoms with Crippen LogP contribution in [-0.2, 0) is 0 Å². The van der Waals surface area contributed by atoms with Crippen molar-refractivity contribution in [1.82, 2.24) is 0 Å². The molecular weight excluding hydrogens is 490 g/mol.